The summed E-state index contributed by atoms with van der Waals surface area (Å²) in [5.74, 6) is -0.855. The number of hydrogen-bond acceptors (Lipinski definition) is 3. The maximum absolute atomic E-state index is 10.7. The van der Waals surface area contributed by atoms with Crippen LogP contribution in [0.25, 0.3) is 0 Å². The van der Waals surface area contributed by atoms with Gasteiger partial charge in [0.2, 0.25) is 0 Å². The molecule has 3 heteroatoms. The summed E-state index contributed by atoms with van der Waals surface area (Å²) in [7, 11) is 0. The van der Waals surface area contributed by atoms with E-state index < -0.39 is 11.9 Å². The Hall–Kier alpha value is -1.12. The number of cyclic esters (lactones) is 2. The smallest absolute Gasteiger partial charge is 0.317 e. The Kier molecular flexibility index (Phi) is 2.83. The topological polar surface area (TPSA) is 43.4 Å². The van der Waals surface area contributed by atoms with E-state index in [1.165, 1.54) is 0 Å². The quantitative estimate of drug-likeness (QED) is 0.299. The first-order valence-corrected chi connectivity index (χ1v) is 3.67. The van der Waals surface area contributed by atoms with Gasteiger partial charge in [0, 0.05) is 6.42 Å². The van der Waals surface area contributed by atoms with Gasteiger partial charge in [-0.1, -0.05) is 12.2 Å². The van der Waals surface area contributed by atoms with Gasteiger partial charge < -0.3 is 4.74 Å². The first-order chi connectivity index (χ1) is 5.29. The highest BCUT2D eigenvalue weighted by atomic mass is 16.6. The van der Waals surface area contributed by atoms with Crippen molar-refractivity contribution in [3.05, 3.63) is 12.2 Å². The van der Waals surface area contributed by atoms with Crippen LogP contribution in [0.15, 0.2) is 12.2 Å². The van der Waals surface area contributed by atoms with Crippen LogP contribution in [0.5, 0.6) is 0 Å². The van der Waals surface area contributed by atoms with Crippen LogP contribution >= 0.6 is 0 Å². The molecule has 0 amide bonds. The molecule has 60 valence electrons. The van der Waals surface area contributed by atoms with Gasteiger partial charge in [0.15, 0.2) is 0 Å². The SMILES string of the molecule is O=C1C/C=C/CCCC(=O)O1. The molecule has 0 aromatic rings. The fraction of sp³-hybridized carbons (Fsp3) is 0.500. The van der Waals surface area contributed by atoms with E-state index in [1.54, 1.807) is 6.08 Å². The number of rotatable bonds is 0. The lowest BCUT2D eigenvalue weighted by molar-refractivity contribution is -0.158. The van der Waals surface area contributed by atoms with E-state index in [9.17, 15) is 9.59 Å². The highest BCUT2D eigenvalue weighted by molar-refractivity contribution is 5.86. The summed E-state index contributed by atoms with van der Waals surface area (Å²) in [6.45, 7) is 0. The zero-order valence-electron chi connectivity index (χ0n) is 6.21. The zero-order valence-corrected chi connectivity index (χ0v) is 6.21. The van der Waals surface area contributed by atoms with Crippen LogP contribution in [0.2, 0.25) is 0 Å². The van der Waals surface area contributed by atoms with Crippen molar-refractivity contribution < 1.29 is 14.3 Å². The third-order valence-electron chi connectivity index (χ3n) is 1.43. The van der Waals surface area contributed by atoms with Crippen molar-refractivity contribution in [1.82, 2.24) is 0 Å². The largest absolute Gasteiger partial charge is 0.393 e. The maximum Gasteiger partial charge on any atom is 0.317 e. The lowest BCUT2D eigenvalue weighted by atomic mass is 10.2. The van der Waals surface area contributed by atoms with Crippen LogP contribution in [0, 0.1) is 0 Å². The minimum atomic E-state index is -0.451. The molecule has 0 bridgehead atoms. The number of carbonyl (C=O) groups is 2. The van der Waals surface area contributed by atoms with E-state index >= 15 is 0 Å². The molecule has 0 spiro atoms. The predicted octanol–water partition coefficient (Wildman–Crippen LogP) is 1.19. The summed E-state index contributed by atoms with van der Waals surface area (Å²) in [5, 5.41) is 0. The molecule has 0 saturated carbocycles. The molecule has 1 aliphatic rings. The van der Waals surface area contributed by atoms with E-state index in [4.69, 9.17) is 0 Å². The Morgan fingerprint density at radius 2 is 2.00 bits per heavy atom. The molecular formula is C8H10O3. The van der Waals surface area contributed by atoms with E-state index in [2.05, 4.69) is 4.74 Å². The van der Waals surface area contributed by atoms with Crippen molar-refractivity contribution in [2.75, 3.05) is 0 Å². The molecule has 0 atom stereocenters. The van der Waals surface area contributed by atoms with Crippen molar-refractivity contribution in [2.24, 2.45) is 0 Å². The summed E-state index contributed by atoms with van der Waals surface area (Å²) in [6, 6.07) is 0. The molecule has 0 fully saturated rings. The Morgan fingerprint density at radius 3 is 2.82 bits per heavy atom. The van der Waals surface area contributed by atoms with E-state index in [0.717, 1.165) is 12.8 Å². The first-order valence-electron chi connectivity index (χ1n) is 3.67. The van der Waals surface area contributed by atoms with Crippen LogP contribution in [0.4, 0.5) is 0 Å². The Labute approximate surface area is 65.0 Å². The number of esters is 2. The number of carbonyl (C=O) groups excluding carboxylic acids is 2. The van der Waals surface area contributed by atoms with Gasteiger partial charge in [-0.3, -0.25) is 9.59 Å². The molecule has 1 rings (SSSR count). The second-order valence-corrected chi connectivity index (χ2v) is 2.41. The van der Waals surface area contributed by atoms with Gasteiger partial charge >= 0.3 is 11.9 Å². The van der Waals surface area contributed by atoms with Gasteiger partial charge in [-0.15, -0.1) is 0 Å². The highest BCUT2D eigenvalue weighted by Gasteiger charge is 2.09. The average molecular weight is 154 g/mol. The number of hydrogen-bond donors (Lipinski definition) is 0. The number of allylic oxidation sites excluding steroid dienone is 1. The monoisotopic (exact) mass is 154 g/mol. The summed E-state index contributed by atoms with van der Waals surface area (Å²) < 4.78 is 4.44. The van der Waals surface area contributed by atoms with Crippen LogP contribution in [0.1, 0.15) is 25.7 Å². The fourth-order valence-electron chi connectivity index (χ4n) is 0.881. The fourth-order valence-corrected chi connectivity index (χ4v) is 0.881. The average Bonchev–Trinajstić information content (AvgIpc) is 2.02. The molecule has 0 aromatic carbocycles. The molecule has 3 nitrogen and oxygen atoms in total. The van der Waals surface area contributed by atoms with Gasteiger partial charge in [-0.2, -0.15) is 0 Å². The van der Waals surface area contributed by atoms with E-state index in [-0.39, 0.29) is 6.42 Å². The maximum atomic E-state index is 10.7. The highest BCUT2D eigenvalue weighted by Crippen LogP contribution is 2.03. The van der Waals surface area contributed by atoms with Crippen LogP contribution in [-0.2, 0) is 14.3 Å². The predicted molar refractivity (Wildman–Crippen MR) is 38.7 cm³/mol. The molecular weight excluding hydrogens is 144 g/mol. The molecule has 0 unspecified atom stereocenters. The van der Waals surface area contributed by atoms with Crippen molar-refractivity contribution >= 4 is 11.9 Å². The zero-order chi connectivity index (χ0) is 8.10. The third kappa shape index (κ3) is 2.98. The lowest BCUT2D eigenvalue weighted by Crippen LogP contribution is -2.10. The molecule has 0 saturated heterocycles. The van der Waals surface area contributed by atoms with Gasteiger partial charge in [-0.05, 0) is 12.8 Å². The van der Waals surface area contributed by atoms with E-state index in [0.29, 0.717) is 6.42 Å². The molecule has 0 aliphatic carbocycles. The molecule has 0 N–H and O–H groups in total. The summed E-state index contributed by atoms with van der Waals surface area (Å²) in [4.78, 5) is 21.4. The molecule has 1 heterocycles. The van der Waals surface area contributed by atoms with Crippen molar-refractivity contribution in [3.8, 4) is 0 Å². The minimum absolute atomic E-state index is 0.214. The molecule has 1 aliphatic heterocycles. The Balaban J connectivity index is 2.50. The Morgan fingerprint density at radius 1 is 1.18 bits per heavy atom. The first kappa shape index (κ1) is 7.98. The van der Waals surface area contributed by atoms with Gasteiger partial charge in [-0.25, -0.2) is 0 Å². The third-order valence-corrected chi connectivity index (χ3v) is 1.43. The molecule has 0 radical (unpaired) electrons. The molecule has 11 heavy (non-hydrogen) atoms. The lowest BCUT2D eigenvalue weighted by Gasteiger charge is -1.97. The standard InChI is InChI=1S/C8H10O3/c9-7-5-3-1-2-4-6-8(10)11-7/h1,3H,2,4-6H2/b3-1+. The van der Waals surface area contributed by atoms with Crippen LogP contribution in [-0.4, -0.2) is 11.9 Å². The normalized spacial score (nSPS) is 22.9. The summed E-state index contributed by atoms with van der Waals surface area (Å²) in [5.41, 5.74) is 0. The van der Waals surface area contributed by atoms with Crippen molar-refractivity contribution in [3.63, 3.8) is 0 Å². The van der Waals surface area contributed by atoms with Gasteiger partial charge in [0.1, 0.15) is 0 Å². The number of ether oxygens (including phenoxy) is 1. The van der Waals surface area contributed by atoms with Crippen molar-refractivity contribution in [2.45, 2.75) is 25.7 Å². The van der Waals surface area contributed by atoms with E-state index in [1.807, 2.05) is 6.08 Å². The summed E-state index contributed by atoms with van der Waals surface area (Å²) >= 11 is 0. The van der Waals surface area contributed by atoms with Gasteiger partial charge in [0.05, 0.1) is 6.42 Å². The summed E-state index contributed by atoms with van der Waals surface area (Å²) in [6.07, 6.45) is 5.81. The minimum Gasteiger partial charge on any atom is -0.393 e. The Bertz CT molecular complexity index is 194. The van der Waals surface area contributed by atoms with Crippen LogP contribution < -0.4 is 0 Å². The van der Waals surface area contributed by atoms with Crippen LogP contribution in [0.3, 0.4) is 0 Å². The van der Waals surface area contributed by atoms with Crippen molar-refractivity contribution in [1.29, 1.82) is 0 Å². The second kappa shape index (κ2) is 3.91. The van der Waals surface area contributed by atoms with Gasteiger partial charge in [0.25, 0.3) is 0 Å². The second-order valence-electron chi connectivity index (χ2n) is 2.41. The molecule has 0 aromatic heterocycles.